The van der Waals surface area contributed by atoms with Gasteiger partial charge in [0.05, 0.1) is 5.69 Å². The zero-order valence-corrected chi connectivity index (χ0v) is 13.1. The summed E-state index contributed by atoms with van der Waals surface area (Å²) in [5.74, 6) is -0.364. The van der Waals surface area contributed by atoms with Gasteiger partial charge in [-0.1, -0.05) is 19.1 Å². The van der Waals surface area contributed by atoms with Crippen LogP contribution in [0.2, 0.25) is 0 Å². The molecule has 0 atom stereocenters. The van der Waals surface area contributed by atoms with Crippen molar-refractivity contribution in [2.45, 2.75) is 33.4 Å². The van der Waals surface area contributed by atoms with E-state index in [1.807, 2.05) is 36.7 Å². The topological polar surface area (TPSA) is 42.2 Å². The van der Waals surface area contributed by atoms with Crippen molar-refractivity contribution in [3.8, 4) is 5.75 Å². The monoisotopic (exact) mass is 321 g/mol. The third kappa shape index (κ3) is 4.74. The van der Waals surface area contributed by atoms with Crippen molar-refractivity contribution in [3.05, 3.63) is 53.9 Å². The Morgan fingerprint density at radius 2 is 2.00 bits per heavy atom. The molecule has 0 fully saturated rings. The third-order valence-electron chi connectivity index (χ3n) is 3.41. The molecule has 0 radical (unpaired) electrons. The third-order valence-corrected chi connectivity index (χ3v) is 3.41. The van der Waals surface area contributed by atoms with Gasteiger partial charge in [-0.05, 0) is 24.6 Å². The minimum absolute atomic E-state index is 0.0557. The summed E-state index contributed by atoms with van der Waals surface area (Å²) in [6, 6.07) is 10.1. The van der Waals surface area contributed by atoms with Gasteiger partial charge in [0, 0.05) is 18.6 Å². The predicted octanol–water partition coefficient (Wildman–Crippen LogP) is 3.09. The van der Waals surface area contributed by atoms with E-state index in [0.29, 0.717) is 0 Å². The van der Waals surface area contributed by atoms with Crippen LogP contribution in [0.1, 0.15) is 18.2 Å². The first-order chi connectivity index (χ1) is 11.0. The first-order valence-corrected chi connectivity index (χ1v) is 7.32. The van der Waals surface area contributed by atoms with Crippen molar-refractivity contribution in [2.24, 2.45) is 0 Å². The van der Waals surface area contributed by atoms with Gasteiger partial charge in [0.25, 0.3) is 5.91 Å². The van der Waals surface area contributed by atoms with E-state index in [4.69, 9.17) is 0 Å². The van der Waals surface area contributed by atoms with Crippen LogP contribution >= 0.6 is 0 Å². The van der Waals surface area contributed by atoms with Crippen molar-refractivity contribution >= 4 is 11.6 Å². The zero-order chi connectivity index (χ0) is 16.8. The molecule has 1 amide bonds. The molecule has 1 heterocycles. The Bertz CT molecular complexity index is 690. The highest BCUT2D eigenvalue weighted by atomic mass is 19.3. The van der Waals surface area contributed by atoms with Crippen LogP contribution in [0, 0.1) is 6.92 Å². The fourth-order valence-corrected chi connectivity index (χ4v) is 2.16. The highest BCUT2D eigenvalue weighted by molar-refractivity contribution is 5.91. The molecule has 1 aromatic heterocycles. The summed E-state index contributed by atoms with van der Waals surface area (Å²) in [5.41, 5.74) is 2.28. The highest BCUT2D eigenvalue weighted by Gasteiger charge is 2.16. The predicted molar refractivity (Wildman–Crippen MR) is 82.5 cm³/mol. The molecular weight excluding hydrogens is 302 g/mol. The Balaban J connectivity index is 2.11. The lowest BCUT2D eigenvalue weighted by atomic mass is 10.2. The maximum atomic E-state index is 12.4. The number of ether oxygens (including phenoxy) is 1. The van der Waals surface area contributed by atoms with Crippen molar-refractivity contribution in [2.75, 3.05) is 5.32 Å². The van der Waals surface area contributed by atoms with Gasteiger partial charge in [0.15, 0.2) is 11.9 Å². The second kappa shape index (κ2) is 7.67. The van der Waals surface area contributed by atoms with E-state index >= 15 is 0 Å². The smallest absolute Gasteiger partial charge is 0.387 e. The van der Waals surface area contributed by atoms with Crippen molar-refractivity contribution < 1.29 is 22.9 Å². The lowest BCUT2D eigenvalue weighted by Crippen LogP contribution is -2.43. The molecule has 122 valence electrons. The summed E-state index contributed by atoms with van der Waals surface area (Å²) in [5, 5.41) is 2.61. The molecule has 4 nitrogen and oxygen atoms in total. The van der Waals surface area contributed by atoms with Crippen molar-refractivity contribution in [1.82, 2.24) is 0 Å². The number of alkyl halides is 2. The van der Waals surface area contributed by atoms with Crippen LogP contribution in [-0.4, -0.2) is 12.5 Å². The molecule has 0 aliphatic heterocycles. The van der Waals surface area contributed by atoms with Gasteiger partial charge in [-0.2, -0.15) is 13.3 Å². The number of nitrogens with one attached hydrogen (secondary N) is 1. The van der Waals surface area contributed by atoms with E-state index in [0.717, 1.165) is 17.7 Å². The minimum atomic E-state index is -2.94. The van der Waals surface area contributed by atoms with Crippen LogP contribution in [0.4, 0.5) is 14.5 Å². The van der Waals surface area contributed by atoms with Crippen LogP contribution in [-0.2, 0) is 17.8 Å². The maximum absolute atomic E-state index is 12.4. The van der Waals surface area contributed by atoms with Crippen LogP contribution in [0.3, 0.4) is 0 Å². The lowest BCUT2D eigenvalue weighted by Gasteiger charge is -2.11. The molecule has 0 spiro atoms. The van der Waals surface area contributed by atoms with Gasteiger partial charge in [0.1, 0.15) is 5.75 Å². The maximum Gasteiger partial charge on any atom is 0.387 e. The summed E-state index contributed by atoms with van der Waals surface area (Å²) < 4.78 is 31.0. The Morgan fingerprint density at radius 3 is 2.70 bits per heavy atom. The number of benzene rings is 1. The number of anilines is 1. The van der Waals surface area contributed by atoms with Gasteiger partial charge in [-0.3, -0.25) is 4.79 Å². The molecule has 0 saturated heterocycles. The Kier molecular flexibility index (Phi) is 5.62. The second-order valence-corrected chi connectivity index (χ2v) is 5.08. The molecule has 0 bridgehead atoms. The summed E-state index contributed by atoms with van der Waals surface area (Å²) in [4.78, 5) is 12.2. The second-order valence-electron chi connectivity index (χ2n) is 5.08. The van der Waals surface area contributed by atoms with Gasteiger partial charge >= 0.3 is 6.61 Å². The number of carbonyl (C=O) groups excluding carboxylic acids is 1. The number of aryl methyl sites for hydroxylation is 2. The average Bonchev–Trinajstić information content (AvgIpc) is 2.51. The van der Waals surface area contributed by atoms with E-state index in [9.17, 15) is 13.6 Å². The highest BCUT2D eigenvalue weighted by Crippen LogP contribution is 2.25. The zero-order valence-electron chi connectivity index (χ0n) is 13.1. The number of aromatic nitrogens is 1. The molecule has 1 N–H and O–H groups in total. The Labute approximate surface area is 133 Å². The van der Waals surface area contributed by atoms with Gasteiger partial charge in [-0.15, -0.1) is 0 Å². The number of hydrogen-bond donors (Lipinski definition) is 1. The number of carbonyl (C=O) groups is 1. The van der Waals surface area contributed by atoms with E-state index in [-0.39, 0.29) is 23.9 Å². The number of amides is 1. The fraction of sp³-hybridized carbons (Fsp3) is 0.294. The normalized spacial score (nSPS) is 10.7. The quantitative estimate of drug-likeness (QED) is 0.831. The van der Waals surface area contributed by atoms with E-state index in [2.05, 4.69) is 10.1 Å². The minimum Gasteiger partial charge on any atom is -0.433 e. The van der Waals surface area contributed by atoms with Gasteiger partial charge < -0.3 is 10.1 Å². The van der Waals surface area contributed by atoms with Gasteiger partial charge in [-0.25, -0.2) is 0 Å². The Morgan fingerprint density at radius 1 is 1.26 bits per heavy atom. The summed E-state index contributed by atoms with van der Waals surface area (Å²) >= 11 is 0. The number of nitrogens with zero attached hydrogens (tertiary/aromatic N) is 1. The summed E-state index contributed by atoms with van der Waals surface area (Å²) in [6.45, 7) is 1.10. The Hall–Kier alpha value is -2.50. The van der Waals surface area contributed by atoms with E-state index < -0.39 is 6.61 Å². The van der Waals surface area contributed by atoms with Crippen LogP contribution in [0.15, 0.2) is 42.6 Å². The van der Waals surface area contributed by atoms with Crippen molar-refractivity contribution in [1.29, 1.82) is 0 Å². The number of pyridine rings is 1. The van der Waals surface area contributed by atoms with Crippen LogP contribution in [0.5, 0.6) is 5.75 Å². The standard InChI is InChI=1S/C17H18F2N2O2/c1-3-13-9-8-12(2)21(10-13)11-16(22)20-14-6-4-5-7-15(14)23-17(18)19/h4-10,17H,3,11H2,1-2H3/p+1. The van der Waals surface area contributed by atoms with E-state index in [1.54, 1.807) is 12.1 Å². The molecule has 23 heavy (non-hydrogen) atoms. The molecule has 0 unspecified atom stereocenters. The first-order valence-electron chi connectivity index (χ1n) is 7.32. The molecule has 1 aromatic carbocycles. The van der Waals surface area contributed by atoms with Crippen molar-refractivity contribution in [3.63, 3.8) is 0 Å². The average molecular weight is 321 g/mol. The molecule has 2 aromatic rings. The number of rotatable bonds is 6. The first kappa shape index (κ1) is 16.9. The summed E-state index contributed by atoms with van der Waals surface area (Å²) in [6.07, 6.45) is 2.78. The molecule has 0 saturated carbocycles. The molecule has 2 rings (SSSR count). The molecule has 0 aliphatic carbocycles. The summed E-state index contributed by atoms with van der Waals surface area (Å²) in [7, 11) is 0. The number of para-hydroxylation sites is 2. The lowest BCUT2D eigenvalue weighted by molar-refractivity contribution is -0.690. The molecular formula is C17H19F2N2O2+. The largest absolute Gasteiger partial charge is 0.433 e. The van der Waals surface area contributed by atoms with Crippen LogP contribution < -0.4 is 14.6 Å². The molecule has 0 aliphatic rings. The fourth-order valence-electron chi connectivity index (χ4n) is 2.16. The number of halogens is 2. The number of hydrogen-bond acceptors (Lipinski definition) is 2. The van der Waals surface area contributed by atoms with Gasteiger partial charge in [0.2, 0.25) is 6.54 Å². The molecule has 6 heteroatoms. The van der Waals surface area contributed by atoms with E-state index in [1.165, 1.54) is 12.1 Å². The van der Waals surface area contributed by atoms with Crippen LogP contribution in [0.25, 0.3) is 0 Å². The SMILES string of the molecule is CCc1ccc(C)[n+](CC(=O)Nc2ccccc2OC(F)F)c1.